The SMILES string of the molecule is C[C@@H](CO)NC(=O)c1cc(N)cs1. The molecule has 4 nitrogen and oxygen atoms in total. The smallest absolute Gasteiger partial charge is 0.261 e. The second-order valence-corrected chi connectivity index (χ2v) is 3.71. The van der Waals surface area contributed by atoms with Gasteiger partial charge in [0, 0.05) is 17.1 Å². The second-order valence-electron chi connectivity index (χ2n) is 2.80. The molecule has 1 atom stereocenters. The lowest BCUT2D eigenvalue weighted by Gasteiger charge is -2.08. The minimum absolute atomic E-state index is 0.0629. The summed E-state index contributed by atoms with van der Waals surface area (Å²) in [5.74, 6) is -0.191. The van der Waals surface area contributed by atoms with Crippen LogP contribution in [0.2, 0.25) is 0 Å². The summed E-state index contributed by atoms with van der Waals surface area (Å²) in [7, 11) is 0. The predicted molar refractivity (Wildman–Crippen MR) is 52.7 cm³/mol. The highest BCUT2D eigenvalue weighted by Gasteiger charge is 2.10. The van der Waals surface area contributed by atoms with E-state index >= 15 is 0 Å². The molecular weight excluding hydrogens is 188 g/mol. The van der Waals surface area contributed by atoms with E-state index in [4.69, 9.17) is 10.8 Å². The molecule has 4 N–H and O–H groups in total. The van der Waals surface area contributed by atoms with Gasteiger partial charge < -0.3 is 16.2 Å². The van der Waals surface area contributed by atoms with E-state index in [9.17, 15) is 4.79 Å². The highest BCUT2D eigenvalue weighted by atomic mass is 32.1. The normalized spacial score (nSPS) is 12.5. The number of rotatable bonds is 3. The van der Waals surface area contributed by atoms with Crippen molar-refractivity contribution in [3.05, 3.63) is 16.3 Å². The molecule has 0 bridgehead atoms. The van der Waals surface area contributed by atoms with Gasteiger partial charge in [0.1, 0.15) is 0 Å². The molecule has 0 saturated carbocycles. The molecular formula is C8H12N2O2S. The van der Waals surface area contributed by atoms with Crippen molar-refractivity contribution >= 4 is 22.9 Å². The van der Waals surface area contributed by atoms with Gasteiger partial charge in [0.25, 0.3) is 5.91 Å². The molecule has 0 aromatic carbocycles. The van der Waals surface area contributed by atoms with Gasteiger partial charge in [-0.1, -0.05) is 0 Å². The van der Waals surface area contributed by atoms with Crippen LogP contribution in [0.3, 0.4) is 0 Å². The van der Waals surface area contributed by atoms with Gasteiger partial charge >= 0.3 is 0 Å². The average molecular weight is 200 g/mol. The van der Waals surface area contributed by atoms with Crippen LogP contribution in [0.5, 0.6) is 0 Å². The lowest BCUT2D eigenvalue weighted by molar-refractivity contribution is 0.0926. The molecule has 1 aromatic rings. The monoisotopic (exact) mass is 200 g/mol. The Kier molecular flexibility index (Phi) is 3.27. The largest absolute Gasteiger partial charge is 0.398 e. The van der Waals surface area contributed by atoms with Gasteiger partial charge in [-0.3, -0.25) is 4.79 Å². The lowest BCUT2D eigenvalue weighted by Crippen LogP contribution is -2.34. The number of thiophene rings is 1. The average Bonchev–Trinajstić information content (AvgIpc) is 2.51. The number of hydrogen-bond donors (Lipinski definition) is 3. The van der Waals surface area contributed by atoms with Crippen LogP contribution in [0, 0.1) is 0 Å². The molecule has 0 aliphatic rings. The first-order valence-electron chi connectivity index (χ1n) is 3.89. The molecule has 0 radical (unpaired) electrons. The number of hydrogen-bond acceptors (Lipinski definition) is 4. The standard InChI is InChI=1S/C8H12N2O2S/c1-5(3-11)10-8(12)7-2-6(9)4-13-7/h2,4-5,11H,3,9H2,1H3,(H,10,12)/t5-/m0/s1. The number of aliphatic hydroxyl groups excluding tert-OH is 1. The van der Waals surface area contributed by atoms with Gasteiger partial charge in [-0.05, 0) is 13.0 Å². The minimum atomic E-state index is -0.226. The van der Waals surface area contributed by atoms with Crippen molar-refractivity contribution in [2.45, 2.75) is 13.0 Å². The summed E-state index contributed by atoms with van der Waals surface area (Å²) in [6.07, 6.45) is 0. The van der Waals surface area contributed by atoms with Gasteiger partial charge in [0.2, 0.25) is 0 Å². The number of anilines is 1. The van der Waals surface area contributed by atoms with Gasteiger partial charge in [-0.25, -0.2) is 0 Å². The highest BCUT2D eigenvalue weighted by molar-refractivity contribution is 7.12. The van der Waals surface area contributed by atoms with Crippen LogP contribution in [0.1, 0.15) is 16.6 Å². The van der Waals surface area contributed by atoms with Crippen LogP contribution in [-0.4, -0.2) is 23.7 Å². The van der Waals surface area contributed by atoms with Crippen LogP contribution in [0.4, 0.5) is 5.69 Å². The van der Waals surface area contributed by atoms with Crippen molar-refractivity contribution in [2.24, 2.45) is 0 Å². The molecule has 0 aliphatic heterocycles. The molecule has 5 heteroatoms. The summed E-state index contributed by atoms with van der Waals surface area (Å²) in [5.41, 5.74) is 6.05. The van der Waals surface area contributed by atoms with E-state index in [2.05, 4.69) is 5.32 Å². The van der Waals surface area contributed by atoms with Gasteiger partial charge in [-0.15, -0.1) is 11.3 Å². The fourth-order valence-corrected chi connectivity index (χ4v) is 1.51. The zero-order chi connectivity index (χ0) is 9.84. The number of amides is 1. The molecule has 1 heterocycles. The van der Waals surface area contributed by atoms with E-state index in [1.165, 1.54) is 11.3 Å². The zero-order valence-corrected chi connectivity index (χ0v) is 8.10. The van der Waals surface area contributed by atoms with E-state index in [1.54, 1.807) is 18.4 Å². The molecule has 0 fully saturated rings. The molecule has 1 amide bonds. The number of nitrogen functional groups attached to an aromatic ring is 1. The van der Waals surface area contributed by atoms with Crippen molar-refractivity contribution in [1.82, 2.24) is 5.32 Å². The van der Waals surface area contributed by atoms with Crippen LogP contribution in [-0.2, 0) is 0 Å². The van der Waals surface area contributed by atoms with E-state index in [0.29, 0.717) is 10.6 Å². The first kappa shape index (κ1) is 10.0. The Balaban J connectivity index is 2.58. The lowest BCUT2D eigenvalue weighted by atomic mass is 10.3. The summed E-state index contributed by atoms with van der Waals surface area (Å²) in [4.78, 5) is 11.9. The number of aliphatic hydroxyl groups is 1. The third-order valence-corrected chi connectivity index (χ3v) is 2.44. The Labute approximate surface area is 80.4 Å². The summed E-state index contributed by atoms with van der Waals surface area (Å²) in [6, 6.07) is 1.39. The third kappa shape index (κ3) is 2.71. The molecule has 0 spiro atoms. The Hall–Kier alpha value is -1.07. The molecule has 0 saturated heterocycles. The van der Waals surface area contributed by atoms with Crippen molar-refractivity contribution in [3.63, 3.8) is 0 Å². The first-order chi connectivity index (χ1) is 6.13. The Morgan fingerprint density at radius 2 is 2.54 bits per heavy atom. The van der Waals surface area contributed by atoms with E-state index in [1.807, 2.05) is 0 Å². The summed E-state index contributed by atoms with van der Waals surface area (Å²) >= 11 is 1.29. The van der Waals surface area contributed by atoms with Gasteiger partial charge in [-0.2, -0.15) is 0 Å². The molecule has 1 rings (SSSR count). The van der Waals surface area contributed by atoms with E-state index in [0.717, 1.165) is 0 Å². The van der Waals surface area contributed by atoms with Crippen LogP contribution in [0.25, 0.3) is 0 Å². The summed E-state index contributed by atoms with van der Waals surface area (Å²) in [5, 5.41) is 13.0. The number of carbonyl (C=O) groups is 1. The maximum atomic E-state index is 11.4. The second kappa shape index (κ2) is 4.25. The molecule has 1 aromatic heterocycles. The molecule has 0 aliphatic carbocycles. The van der Waals surface area contributed by atoms with Gasteiger partial charge in [0.15, 0.2) is 0 Å². The quantitative estimate of drug-likeness (QED) is 0.662. The van der Waals surface area contributed by atoms with Crippen molar-refractivity contribution in [2.75, 3.05) is 12.3 Å². The van der Waals surface area contributed by atoms with Crippen LogP contribution in [0.15, 0.2) is 11.4 Å². The number of nitrogens with two attached hydrogens (primary N) is 1. The van der Waals surface area contributed by atoms with Gasteiger partial charge in [0.05, 0.1) is 11.5 Å². The number of carbonyl (C=O) groups excluding carboxylic acids is 1. The van der Waals surface area contributed by atoms with Crippen molar-refractivity contribution in [1.29, 1.82) is 0 Å². The maximum Gasteiger partial charge on any atom is 0.261 e. The molecule has 0 unspecified atom stereocenters. The molecule has 13 heavy (non-hydrogen) atoms. The van der Waals surface area contributed by atoms with Crippen molar-refractivity contribution < 1.29 is 9.90 Å². The number of nitrogens with one attached hydrogen (secondary N) is 1. The fraction of sp³-hybridized carbons (Fsp3) is 0.375. The molecule has 72 valence electrons. The Bertz CT molecular complexity index is 298. The first-order valence-corrected chi connectivity index (χ1v) is 4.77. The third-order valence-electron chi connectivity index (χ3n) is 1.49. The van der Waals surface area contributed by atoms with Crippen molar-refractivity contribution in [3.8, 4) is 0 Å². The summed E-state index contributed by atoms with van der Waals surface area (Å²) in [6.45, 7) is 1.67. The topological polar surface area (TPSA) is 75.3 Å². The maximum absolute atomic E-state index is 11.4. The van der Waals surface area contributed by atoms with Crippen LogP contribution >= 0.6 is 11.3 Å². The fourth-order valence-electron chi connectivity index (χ4n) is 0.811. The zero-order valence-electron chi connectivity index (χ0n) is 7.28. The Morgan fingerprint density at radius 3 is 3.00 bits per heavy atom. The van der Waals surface area contributed by atoms with Crippen LogP contribution < -0.4 is 11.1 Å². The summed E-state index contributed by atoms with van der Waals surface area (Å²) < 4.78 is 0. The van der Waals surface area contributed by atoms with E-state index in [-0.39, 0.29) is 18.6 Å². The highest BCUT2D eigenvalue weighted by Crippen LogP contribution is 2.15. The van der Waals surface area contributed by atoms with E-state index < -0.39 is 0 Å². The Morgan fingerprint density at radius 1 is 1.85 bits per heavy atom. The minimum Gasteiger partial charge on any atom is -0.398 e. The predicted octanol–water partition coefficient (Wildman–Crippen LogP) is 0.441.